The molecule has 10 heavy (non-hydrogen) atoms. The Labute approximate surface area is 66.2 Å². The maximum Gasteiger partial charge on any atom is 0.111 e. The first-order valence-electron chi connectivity index (χ1n) is 3.51. The van der Waals surface area contributed by atoms with E-state index in [0.29, 0.717) is 0 Å². The Bertz CT molecular complexity index is 141. The van der Waals surface area contributed by atoms with Gasteiger partial charge in [-0.2, -0.15) is 17.0 Å². The number of thioether (sulfide) groups is 1. The Morgan fingerprint density at radius 2 is 2.60 bits per heavy atom. The third-order valence-corrected chi connectivity index (χ3v) is 2.35. The minimum Gasteiger partial charge on any atom is -0.284 e. The van der Waals surface area contributed by atoms with Crippen LogP contribution < -0.4 is 0 Å². The van der Waals surface area contributed by atoms with Crippen molar-refractivity contribution >= 4 is 11.8 Å². The average Bonchev–Trinajstić information content (AvgIpc) is 2.68. The van der Waals surface area contributed by atoms with Crippen molar-refractivity contribution in [3.05, 3.63) is 0 Å². The summed E-state index contributed by atoms with van der Waals surface area (Å²) in [4.78, 5) is 2.20. The van der Waals surface area contributed by atoms with Gasteiger partial charge in [0.1, 0.15) is 6.04 Å². The van der Waals surface area contributed by atoms with E-state index in [-0.39, 0.29) is 6.04 Å². The first-order chi connectivity index (χ1) is 4.88. The van der Waals surface area contributed by atoms with Crippen molar-refractivity contribution in [3.63, 3.8) is 0 Å². The highest BCUT2D eigenvalue weighted by Gasteiger charge is 2.32. The molecule has 2 unspecified atom stereocenters. The Hall–Kier alpha value is -0.200. The van der Waals surface area contributed by atoms with Crippen molar-refractivity contribution < 1.29 is 0 Å². The van der Waals surface area contributed by atoms with Crippen LogP contribution in [0.15, 0.2) is 0 Å². The largest absolute Gasteiger partial charge is 0.284 e. The van der Waals surface area contributed by atoms with E-state index in [2.05, 4.69) is 17.2 Å². The Morgan fingerprint density at radius 1 is 1.80 bits per heavy atom. The second-order valence-corrected chi connectivity index (χ2v) is 3.47. The van der Waals surface area contributed by atoms with Crippen molar-refractivity contribution in [2.24, 2.45) is 0 Å². The van der Waals surface area contributed by atoms with E-state index in [1.54, 1.807) is 0 Å². The summed E-state index contributed by atoms with van der Waals surface area (Å²) in [6.45, 7) is 2.12. The highest BCUT2D eigenvalue weighted by molar-refractivity contribution is 7.98. The predicted molar refractivity (Wildman–Crippen MR) is 44.0 cm³/mol. The molecule has 3 heteroatoms. The first kappa shape index (κ1) is 7.90. The number of nitrogens with zero attached hydrogens (tertiary/aromatic N) is 2. The van der Waals surface area contributed by atoms with E-state index in [9.17, 15) is 0 Å². The molecule has 0 aliphatic carbocycles. The number of rotatable bonds is 4. The SMILES string of the molecule is CSCCCN1CC1C#N. The summed E-state index contributed by atoms with van der Waals surface area (Å²) in [6.07, 6.45) is 3.34. The lowest BCUT2D eigenvalue weighted by Gasteiger charge is -1.97. The summed E-state index contributed by atoms with van der Waals surface area (Å²) in [7, 11) is 0. The molecule has 0 aromatic carbocycles. The zero-order valence-electron chi connectivity index (χ0n) is 6.21. The molecule has 0 radical (unpaired) electrons. The van der Waals surface area contributed by atoms with Gasteiger partial charge in [0.25, 0.3) is 0 Å². The van der Waals surface area contributed by atoms with Gasteiger partial charge in [-0.05, 0) is 18.4 Å². The number of hydrogen-bond donors (Lipinski definition) is 0. The summed E-state index contributed by atoms with van der Waals surface area (Å²) in [5, 5.41) is 8.44. The second kappa shape index (κ2) is 3.85. The molecule has 1 saturated heterocycles. The van der Waals surface area contributed by atoms with Crippen LogP contribution in [0.3, 0.4) is 0 Å². The van der Waals surface area contributed by atoms with E-state index in [0.717, 1.165) is 13.1 Å². The molecule has 0 amide bonds. The molecule has 1 rings (SSSR count). The maximum atomic E-state index is 8.44. The summed E-state index contributed by atoms with van der Waals surface area (Å²) >= 11 is 1.87. The smallest absolute Gasteiger partial charge is 0.111 e. The fourth-order valence-corrected chi connectivity index (χ4v) is 1.37. The number of hydrogen-bond acceptors (Lipinski definition) is 3. The van der Waals surface area contributed by atoms with Crippen molar-refractivity contribution in [3.8, 4) is 6.07 Å². The van der Waals surface area contributed by atoms with Gasteiger partial charge in [0.15, 0.2) is 0 Å². The van der Waals surface area contributed by atoms with Gasteiger partial charge < -0.3 is 0 Å². The van der Waals surface area contributed by atoms with E-state index in [1.165, 1.54) is 12.2 Å². The van der Waals surface area contributed by atoms with Crippen LogP contribution in [-0.2, 0) is 0 Å². The number of nitriles is 1. The van der Waals surface area contributed by atoms with Crippen molar-refractivity contribution in [2.75, 3.05) is 25.1 Å². The average molecular weight is 156 g/mol. The predicted octanol–water partition coefficient (Wildman–Crippen LogP) is 0.947. The molecule has 2 nitrogen and oxygen atoms in total. The van der Waals surface area contributed by atoms with Crippen LogP contribution in [0.25, 0.3) is 0 Å². The fourth-order valence-electron chi connectivity index (χ4n) is 0.957. The lowest BCUT2D eigenvalue weighted by atomic mass is 10.5. The molecule has 0 aromatic heterocycles. The summed E-state index contributed by atoms with van der Waals surface area (Å²) < 4.78 is 0. The van der Waals surface area contributed by atoms with Crippen LogP contribution >= 0.6 is 11.8 Å². The van der Waals surface area contributed by atoms with Crippen LogP contribution in [0, 0.1) is 11.3 Å². The van der Waals surface area contributed by atoms with Crippen LogP contribution in [-0.4, -0.2) is 36.0 Å². The van der Waals surface area contributed by atoms with Gasteiger partial charge in [-0.25, -0.2) is 0 Å². The van der Waals surface area contributed by atoms with Crippen molar-refractivity contribution in [1.29, 1.82) is 5.26 Å². The monoisotopic (exact) mass is 156 g/mol. The fraction of sp³-hybridized carbons (Fsp3) is 0.857. The normalized spacial score (nSPS) is 29.6. The highest BCUT2D eigenvalue weighted by atomic mass is 32.2. The molecule has 56 valence electrons. The molecule has 1 heterocycles. The van der Waals surface area contributed by atoms with Gasteiger partial charge in [0.05, 0.1) is 6.07 Å². The van der Waals surface area contributed by atoms with Gasteiger partial charge in [-0.1, -0.05) is 0 Å². The summed E-state index contributed by atoms with van der Waals surface area (Å²) in [5.41, 5.74) is 0. The van der Waals surface area contributed by atoms with Crippen LogP contribution in [0.4, 0.5) is 0 Å². The first-order valence-corrected chi connectivity index (χ1v) is 4.90. The van der Waals surface area contributed by atoms with Crippen LogP contribution in [0.2, 0.25) is 0 Å². The summed E-state index contributed by atoms with van der Waals surface area (Å²) in [5.74, 6) is 1.22. The standard InChI is InChI=1S/C7H12N2S/c1-10-4-2-3-9-6-7(9)5-8/h7H,2-4,6H2,1H3. The molecule has 0 aromatic rings. The molecule has 2 atom stereocenters. The molecule has 1 aliphatic heterocycles. The highest BCUT2D eigenvalue weighted by Crippen LogP contribution is 2.16. The Kier molecular flexibility index (Phi) is 3.04. The van der Waals surface area contributed by atoms with E-state index < -0.39 is 0 Å². The Balaban J connectivity index is 1.93. The van der Waals surface area contributed by atoms with Gasteiger partial charge >= 0.3 is 0 Å². The molecule has 1 aliphatic rings. The van der Waals surface area contributed by atoms with Crippen molar-refractivity contribution in [2.45, 2.75) is 12.5 Å². The molecule has 0 saturated carbocycles. The maximum absolute atomic E-state index is 8.44. The second-order valence-electron chi connectivity index (χ2n) is 2.49. The minimum absolute atomic E-state index is 0.252. The molecule has 1 fully saturated rings. The van der Waals surface area contributed by atoms with Gasteiger partial charge in [0.2, 0.25) is 0 Å². The van der Waals surface area contributed by atoms with Gasteiger partial charge in [-0.3, -0.25) is 4.90 Å². The van der Waals surface area contributed by atoms with Gasteiger partial charge in [0, 0.05) is 13.1 Å². The van der Waals surface area contributed by atoms with E-state index >= 15 is 0 Å². The van der Waals surface area contributed by atoms with E-state index in [4.69, 9.17) is 5.26 Å². The molecular weight excluding hydrogens is 144 g/mol. The third-order valence-electron chi connectivity index (χ3n) is 1.66. The lowest BCUT2D eigenvalue weighted by molar-refractivity contribution is 0.532. The Morgan fingerprint density at radius 3 is 3.10 bits per heavy atom. The topological polar surface area (TPSA) is 26.8 Å². The van der Waals surface area contributed by atoms with Crippen LogP contribution in [0.5, 0.6) is 0 Å². The molecular formula is C7H12N2S. The summed E-state index contributed by atoms with van der Waals surface area (Å²) in [6, 6.07) is 2.49. The third kappa shape index (κ3) is 2.20. The molecule has 0 bridgehead atoms. The van der Waals surface area contributed by atoms with E-state index in [1.807, 2.05) is 11.8 Å². The quantitative estimate of drug-likeness (QED) is 0.448. The molecule has 0 spiro atoms. The lowest BCUT2D eigenvalue weighted by Crippen LogP contribution is -2.03. The zero-order chi connectivity index (χ0) is 7.40. The minimum atomic E-state index is 0.252. The zero-order valence-corrected chi connectivity index (χ0v) is 7.02. The van der Waals surface area contributed by atoms with Gasteiger partial charge in [-0.15, -0.1) is 0 Å². The molecule has 0 N–H and O–H groups in total. The van der Waals surface area contributed by atoms with Crippen molar-refractivity contribution in [1.82, 2.24) is 4.90 Å². The van der Waals surface area contributed by atoms with Crippen LogP contribution in [0.1, 0.15) is 6.42 Å².